The predicted octanol–water partition coefficient (Wildman–Crippen LogP) is 1.72. The number of esters is 2. The van der Waals surface area contributed by atoms with Crippen molar-refractivity contribution >= 4 is 17.7 Å². The maximum absolute atomic E-state index is 12.2. The molecule has 0 spiro atoms. The van der Waals surface area contributed by atoms with Crippen LogP contribution in [0.1, 0.15) is 25.3 Å². The molecule has 0 aliphatic carbocycles. The van der Waals surface area contributed by atoms with Crippen molar-refractivity contribution in [2.24, 2.45) is 0 Å². The maximum atomic E-state index is 12.2. The van der Waals surface area contributed by atoms with Crippen LogP contribution in [0.4, 0.5) is 0 Å². The van der Waals surface area contributed by atoms with E-state index in [0.717, 1.165) is 0 Å². The fourth-order valence-corrected chi connectivity index (χ4v) is 2.48. The van der Waals surface area contributed by atoms with Gasteiger partial charge in [0.25, 0.3) is 0 Å². The van der Waals surface area contributed by atoms with E-state index in [2.05, 4.69) is 6.58 Å². The van der Waals surface area contributed by atoms with E-state index in [1.165, 1.54) is 0 Å². The third kappa shape index (κ3) is 3.40. The highest BCUT2D eigenvalue weighted by atomic mass is 16.9. The minimum Gasteiger partial charge on any atom is -0.463 e. The molecule has 0 fully saturated rings. The molecule has 0 saturated heterocycles. The molecule has 1 aromatic rings. The molecule has 0 radical (unpaired) electrons. The topological polar surface area (TPSA) is 87.9 Å². The summed E-state index contributed by atoms with van der Waals surface area (Å²) >= 11 is 0. The van der Waals surface area contributed by atoms with E-state index in [-0.39, 0.29) is 29.4 Å². The van der Waals surface area contributed by atoms with Crippen molar-refractivity contribution < 1.29 is 28.8 Å². The zero-order valence-corrected chi connectivity index (χ0v) is 13.6. The molecule has 0 aromatic heterocycles. The highest BCUT2D eigenvalue weighted by Crippen LogP contribution is 2.33. The second-order valence-corrected chi connectivity index (χ2v) is 5.02. The molecule has 7 heteroatoms. The van der Waals surface area contributed by atoms with Crippen LogP contribution in [0, 0.1) is 5.21 Å². The van der Waals surface area contributed by atoms with Crippen LogP contribution in [-0.4, -0.2) is 41.9 Å². The second-order valence-electron chi connectivity index (χ2n) is 5.02. The first kappa shape index (κ1) is 17.5. The molecule has 1 heterocycles. The van der Waals surface area contributed by atoms with Crippen molar-refractivity contribution in [1.82, 2.24) is 0 Å². The third-order valence-electron chi connectivity index (χ3n) is 3.53. The molecule has 0 bridgehead atoms. The molecule has 2 rings (SSSR count). The summed E-state index contributed by atoms with van der Waals surface area (Å²) in [6.45, 7) is 7.24. The van der Waals surface area contributed by atoms with Gasteiger partial charge in [-0.15, -0.1) is 0 Å². The number of nitrogens with zero attached hydrogens (tertiary/aromatic N) is 1. The summed E-state index contributed by atoms with van der Waals surface area (Å²) in [6, 6.07) is 8.79. The number of rotatable bonds is 6. The van der Waals surface area contributed by atoms with Gasteiger partial charge in [-0.05, 0) is 19.4 Å². The van der Waals surface area contributed by atoms with Gasteiger partial charge >= 0.3 is 17.7 Å². The average molecular weight is 333 g/mol. The second kappa shape index (κ2) is 7.63. The Morgan fingerprint density at radius 3 is 2.42 bits per heavy atom. The van der Waals surface area contributed by atoms with Gasteiger partial charge < -0.3 is 14.3 Å². The minimum atomic E-state index is -1.04. The van der Waals surface area contributed by atoms with Gasteiger partial charge in [0.2, 0.25) is 0 Å². The van der Waals surface area contributed by atoms with Gasteiger partial charge in [-0.1, -0.05) is 36.9 Å². The standard InChI is InChI=1S/C17H19NO6/c1-4-22-16(19)11(3)15-13(12-9-7-6-8-10-12)14(18(21)24-15)17(20)23-5-2/h6-10,13,15H,3-5H2,1-2H3/t13-,15+/m0/s1. The van der Waals surface area contributed by atoms with Crippen LogP contribution in [0.3, 0.4) is 0 Å². The lowest BCUT2D eigenvalue weighted by atomic mass is 9.86. The van der Waals surface area contributed by atoms with Crippen molar-refractivity contribution in [2.45, 2.75) is 25.9 Å². The summed E-state index contributed by atoms with van der Waals surface area (Å²) in [5.41, 5.74) is 0.374. The first-order chi connectivity index (χ1) is 11.5. The quantitative estimate of drug-likeness (QED) is 0.447. The zero-order chi connectivity index (χ0) is 17.7. The molecule has 0 saturated carbocycles. The van der Waals surface area contributed by atoms with Crippen LogP contribution < -0.4 is 0 Å². The van der Waals surface area contributed by atoms with E-state index in [9.17, 15) is 14.8 Å². The Morgan fingerprint density at radius 1 is 1.21 bits per heavy atom. The Labute approximate surface area is 139 Å². The van der Waals surface area contributed by atoms with Crippen LogP contribution in [0.25, 0.3) is 0 Å². The van der Waals surface area contributed by atoms with E-state index in [4.69, 9.17) is 14.3 Å². The molecular formula is C17H19NO6. The lowest BCUT2D eigenvalue weighted by molar-refractivity contribution is -0.737. The van der Waals surface area contributed by atoms with Gasteiger partial charge in [0, 0.05) is 0 Å². The Hall–Kier alpha value is -2.83. The van der Waals surface area contributed by atoms with E-state index in [1.807, 2.05) is 0 Å². The van der Waals surface area contributed by atoms with Crippen molar-refractivity contribution in [3.05, 3.63) is 53.3 Å². The largest absolute Gasteiger partial charge is 0.463 e. The van der Waals surface area contributed by atoms with Gasteiger partial charge in [-0.3, -0.25) is 5.21 Å². The summed E-state index contributed by atoms with van der Waals surface area (Å²) in [5, 5.41) is 12.1. The monoisotopic (exact) mass is 333 g/mol. The first-order valence-corrected chi connectivity index (χ1v) is 7.60. The molecule has 1 aliphatic rings. The van der Waals surface area contributed by atoms with Gasteiger partial charge in [-0.25, -0.2) is 9.59 Å². The summed E-state index contributed by atoms with van der Waals surface area (Å²) in [5.74, 6) is -2.28. The van der Waals surface area contributed by atoms with Crippen molar-refractivity contribution in [2.75, 3.05) is 13.2 Å². The summed E-state index contributed by atoms with van der Waals surface area (Å²) < 4.78 is 9.85. The first-order valence-electron chi connectivity index (χ1n) is 7.60. The fourth-order valence-electron chi connectivity index (χ4n) is 2.48. The van der Waals surface area contributed by atoms with Gasteiger partial charge in [0.15, 0.2) is 0 Å². The van der Waals surface area contributed by atoms with Crippen molar-refractivity contribution in [1.29, 1.82) is 0 Å². The molecule has 1 aromatic carbocycles. The van der Waals surface area contributed by atoms with Crippen LogP contribution in [0.2, 0.25) is 0 Å². The summed E-state index contributed by atoms with van der Waals surface area (Å²) in [7, 11) is 0. The molecule has 24 heavy (non-hydrogen) atoms. The number of carbonyl (C=O) groups is 2. The molecule has 0 amide bonds. The molecule has 128 valence electrons. The van der Waals surface area contributed by atoms with Crippen molar-refractivity contribution in [3.8, 4) is 0 Å². The van der Waals surface area contributed by atoms with Crippen LogP contribution >= 0.6 is 0 Å². The van der Waals surface area contributed by atoms with Gasteiger partial charge in [0.05, 0.1) is 23.7 Å². The van der Waals surface area contributed by atoms with Crippen LogP contribution in [-0.2, 0) is 23.9 Å². The van der Waals surface area contributed by atoms with Gasteiger partial charge in [-0.2, -0.15) is 0 Å². The third-order valence-corrected chi connectivity index (χ3v) is 3.53. The van der Waals surface area contributed by atoms with Crippen molar-refractivity contribution in [3.63, 3.8) is 0 Å². The number of hydrogen-bond donors (Lipinski definition) is 0. The normalized spacial score (nSPS) is 19.6. The number of ether oxygens (including phenoxy) is 2. The smallest absolute Gasteiger partial charge is 0.405 e. The molecule has 0 unspecified atom stereocenters. The highest BCUT2D eigenvalue weighted by Gasteiger charge is 2.48. The van der Waals surface area contributed by atoms with E-state index >= 15 is 0 Å². The van der Waals surface area contributed by atoms with Crippen LogP contribution in [0.15, 0.2) is 42.5 Å². The summed E-state index contributed by atoms with van der Waals surface area (Å²) in [4.78, 5) is 29.4. The van der Waals surface area contributed by atoms with Gasteiger partial charge in [0.1, 0.15) is 12.0 Å². The SMILES string of the molecule is C=C(C(=O)OCC)[C@H]1O[N+]([O-])=C(C(=O)OCC)[C@@H]1c1ccccc1. The van der Waals surface area contributed by atoms with E-state index in [1.54, 1.807) is 44.2 Å². The average Bonchev–Trinajstić information content (AvgIpc) is 2.92. The molecule has 1 aliphatic heterocycles. The van der Waals surface area contributed by atoms with E-state index in [0.29, 0.717) is 5.56 Å². The fraction of sp³-hybridized carbons (Fsp3) is 0.353. The number of carbonyl (C=O) groups excluding carboxylic acids is 2. The lowest BCUT2D eigenvalue weighted by Gasteiger charge is -2.20. The van der Waals surface area contributed by atoms with Crippen LogP contribution in [0.5, 0.6) is 0 Å². The van der Waals surface area contributed by atoms with E-state index < -0.39 is 24.0 Å². The Bertz CT molecular complexity index is 667. The molecule has 2 atom stereocenters. The Balaban J connectivity index is 2.42. The molecular weight excluding hydrogens is 314 g/mol. The summed E-state index contributed by atoms with van der Waals surface area (Å²) in [6.07, 6.45) is -1.04. The number of benzene rings is 1. The minimum absolute atomic E-state index is 0.0362. The molecule has 0 N–H and O–H groups in total. The maximum Gasteiger partial charge on any atom is 0.405 e. The Kier molecular flexibility index (Phi) is 5.57. The lowest BCUT2D eigenvalue weighted by Crippen LogP contribution is -2.32. The number of hydrogen-bond acceptors (Lipinski definition) is 6. The molecule has 7 nitrogen and oxygen atoms in total. The predicted molar refractivity (Wildman–Crippen MR) is 85.1 cm³/mol. The Morgan fingerprint density at radius 2 is 1.83 bits per heavy atom. The zero-order valence-electron chi connectivity index (χ0n) is 13.6. The highest BCUT2D eigenvalue weighted by molar-refractivity contribution is 6.37.